The summed E-state index contributed by atoms with van der Waals surface area (Å²) < 4.78 is 5.01. The third-order valence-electron chi connectivity index (χ3n) is 3.28. The molecule has 2 rings (SSSR count). The average molecular weight is 319 g/mol. The summed E-state index contributed by atoms with van der Waals surface area (Å²) in [5.74, 6) is -0.700. The van der Waals surface area contributed by atoms with Crippen LogP contribution < -0.4 is 0 Å². The van der Waals surface area contributed by atoms with Crippen molar-refractivity contribution in [1.82, 2.24) is 9.88 Å². The van der Waals surface area contributed by atoms with Crippen molar-refractivity contribution >= 4 is 35.1 Å². The first-order valence-corrected chi connectivity index (χ1v) is 7.28. The Labute approximate surface area is 127 Å². The molecule has 1 saturated heterocycles. The first-order valence-electron chi connectivity index (χ1n) is 6.52. The van der Waals surface area contributed by atoms with Gasteiger partial charge in [-0.05, 0) is 25.8 Å². The van der Waals surface area contributed by atoms with Crippen molar-refractivity contribution in [3.05, 3.63) is 21.9 Å². The molecule has 1 N–H and O–H groups in total. The molecule has 2 heterocycles. The summed E-state index contributed by atoms with van der Waals surface area (Å²) in [5.41, 5.74) is 0.338. The molecule has 0 bridgehead atoms. The van der Waals surface area contributed by atoms with Crippen LogP contribution in [-0.2, 0) is 9.53 Å². The van der Waals surface area contributed by atoms with Gasteiger partial charge in [0.25, 0.3) is 5.91 Å². The molecule has 0 aliphatic carbocycles. The maximum atomic E-state index is 12.3. The zero-order valence-electron chi connectivity index (χ0n) is 11.1. The molecule has 1 atom stereocenters. The van der Waals surface area contributed by atoms with E-state index in [9.17, 15) is 9.59 Å². The number of hydrogen-bond donors (Lipinski definition) is 1. The topological polar surface area (TPSA) is 62.4 Å². The van der Waals surface area contributed by atoms with Crippen molar-refractivity contribution in [2.45, 2.75) is 19.8 Å². The van der Waals surface area contributed by atoms with Crippen LogP contribution in [0.2, 0.25) is 10.2 Å². The van der Waals surface area contributed by atoms with Crippen LogP contribution >= 0.6 is 23.2 Å². The Morgan fingerprint density at radius 1 is 1.50 bits per heavy atom. The molecule has 1 aliphatic heterocycles. The fourth-order valence-corrected chi connectivity index (χ4v) is 2.62. The van der Waals surface area contributed by atoms with Gasteiger partial charge in [-0.3, -0.25) is 9.59 Å². The van der Waals surface area contributed by atoms with Crippen LogP contribution in [0.3, 0.4) is 0 Å². The molecule has 0 aromatic carbocycles. The molecular formula is C13H16Cl2N2O3. The van der Waals surface area contributed by atoms with Crippen molar-refractivity contribution in [1.29, 1.82) is 0 Å². The highest BCUT2D eigenvalue weighted by atomic mass is 35.5. The third-order valence-corrected chi connectivity index (χ3v) is 3.98. The third kappa shape index (κ3) is 3.27. The molecule has 0 radical (unpaired) electrons. The minimum Gasteiger partial charge on any atom is -0.466 e. The molecule has 0 unspecified atom stereocenters. The van der Waals surface area contributed by atoms with E-state index in [0.29, 0.717) is 30.4 Å². The smallest absolute Gasteiger partial charge is 0.310 e. The maximum Gasteiger partial charge on any atom is 0.310 e. The number of carbonyl (C=O) groups excluding carboxylic acids is 2. The first kappa shape index (κ1) is 15.2. The van der Waals surface area contributed by atoms with E-state index < -0.39 is 0 Å². The predicted molar refractivity (Wildman–Crippen MR) is 76.1 cm³/mol. The number of carbonyl (C=O) groups is 2. The van der Waals surface area contributed by atoms with Crippen LogP contribution in [0.1, 0.15) is 30.3 Å². The van der Waals surface area contributed by atoms with Crippen LogP contribution in [0.15, 0.2) is 6.07 Å². The number of rotatable bonds is 3. The van der Waals surface area contributed by atoms with Crippen molar-refractivity contribution < 1.29 is 14.3 Å². The quantitative estimate of drug-likeness (QED) is 0.872. The zero-order chi connectivity index (χ0) is 14.7. The average Bonchev–Trinajstić information content (AvgIpc) is 2.78. The fraction of sp³-hybridized carbons (Fsp3) is 0.538. The van der Waals surface area contributed by atoms with Gasteiger partial charge in [-0.25, -0.2) is 0 Å². The number of aromatic amines is 1. The highest BCUT2D eigenvalue weighted by molar-refractivity contribution is 6.41. The number of nitrogens with zero attached hydrogens (tertiary/aromatic N) is 1. The summed E-state index contributed by atoms with van der Waals surface area (Å²) in [5, 5.41) is 0.558. The Hall–Kier alpha value is -1.20. The van der Waals surface area contributed by atoms with Gasteiger partial charge < -0.3 is 14.6 Å². The van der Waals surface area contributed by atoms with E-state index in [-0.39, 0.29) is 22.9 Å². The van der Waals surface area contributed by atoms with E-state index in [0.717, 1.165) is 12.8 Å². The number of piperidine rings is 1. The number of ether oxygens (including phenoxy) is 1. The van der Waals surface area contributed by atoms with E-state index >= 15 is 0 Å². The van der Waals surface area contributed by atoms with Crippen LogP contribution in [-0.4, -0.2) is 41.5 Å². The molecule has 7 heteroatoms. The summed E-state index contributed by atoms with van der Waals surface area (Å²) in [4.78, 5) is 28.4. The van der Waals surface area contributed by atoms with E-state index in [1.807, 2.05) is 0 Å². The van der Waals surface area contributed by atoms with Crippen LogP contribution in [0, 0.1) is 5.92 Å². The predicted octanol–water partition coefficient (Wildman–Crippen LogP) is 2.74. The van der Waals surface area contributed by atoms with Gasteiger partial charge >= 0.3 is 5.97 Å². The van der Waals surface area contributed by atoms with Gasteiger partial charge in [-0.1, -0.05) is 23.2 Å². The standard InChI is InChI=1S/C13H16Cl2N2O3/c1-2-20-13(19)8-4-3-5-17(7-8)12(18)10-6-9(14)11(15)16-10/h6,8,16H,2-5,7H2,1H3/t8-/m1/s1. The summed E-state index contributed by atoms with van der Waals surface area (Å²) in [6, 6.07) is 1.50. The second kappa shape index (κ2) is 6.50. The molecule has 1 amide bonds. The van der Waals surface area contributed by atoms with Crippen LogP contribution in [0.4, 0.5) is 0 Å². The lowest BCUT2D eigenvalue weighted by molar-refractivity contribution is -0.149. The number of likely N-dealkylation sites (tertiary alicyclic amines) is 1. The molecule has 0 spiro atoms. The van der Waals surface area contributed by atoms with E-state index in [1.54, 1.807) is 11.8 Å². The number of amides is 1. The second-order valence-electron chi connectivity index (χ2n) is 4.69. The molecule has 110 valence electrons. The Bertz CT molecular complexity index is 496. The summed E-state index contributed by atoms with van der Waals surface area (Å²) in [6.45, 7) is 3.10. The lowest BCUT2D eigenvalue weighted by atomic mass is 9.98. The molecule has 0 saturated carbocycles. The van der Waals surface area contributed by atoms with Gasteiger partial charge in [0.05, 0.1) is 17.5 Å². The molecule has 1 aromatic rings. The lowest BCUT2D eigenvalue weighted by Gasteiger charge is -2.31. The van der Waals surface area contributed by atoms with Crippen LogP contribution in [0.5, 0.6) is 0 Å². The van der Waals surface area contributed by atoms with Crippen LogP contribution in [0.25, 0.3) is 0 Å². The molecule has 5 nitrogen and oxygen atoms in total. The fourth-order valence-electron chi connectivity index (χ4n) is 2.30. The lowest BCUT2D eigenvalue weighted by Crippen LogP contribution is -2.42. The number of esters is 1. The van der Waals surface area contributed by atoms with Gasteiger partial charge in [0.1, 0.15) is 10.8 Å². The summed E-state index contributed by atoms with van der Waals surface area (Å²) >= 11 is 11.6. The number of nitrogens with one attached hydrogen (secondary N) is 1. The van der Waals surface area contributed by atoms with Gasteiger partial charge in [0.2, 0.25) is 0 Å². The number of H-pyrrole nitrogens is 1. The number of hydrogen-bond acceptors (Lipinski definition) is 3. The molecule has 1 aromatic heterocycles. The summed E-state index contributed by atoms with van der Waals surface area (Å²) in [7, 11) is 0. The SMILES string of the molecule is CCOC(=O)[C@@H]1CCCN(C(=O)c2cc(Cl)c(Cl)[nH]2)C1. The van der Waals surface area contributed by atoms with E-state index in [2.05, 4.69) is 4.98 Å². The second-order valence-corrected chi connectivity index (χ2v) is 5.47. The Kier molecular flexibility index (Phi) is 4.94. The van der Waals surface area contributed by atoms with E-state index in [1.165, 1.54) is 6.07 Å². The van der Waals surface area contributed by atoms with Gasteiger partial charge in [-0.15, -0.1) is 0 Å². The Morgan fingerprint density at radius 3 is 2.85 bits per heavy atom. The highest BCUT2D eigenvalue weighted by Crippen LogP contribution is 2.24. The normalized spacial score (nSPS) is 18.9. The maximum absolute atomic E-state index is 12.3. The number of aromatic nitrogens is 1. The highest BCUT2D eigenvalue weighted by Gasteiger charge is 2.30. The van der Waals surface area contributed by atoms with Gasteiger partial charge in [-0.2, -0.15) is 0 Å². The molecule has 1 fully saturated rings. The Balaban J connectivity index is 2.05. The van der Waals surface area contributed by atoms with Gasteiger partial charge in [0, 0.05) is 13.1 Å². The molecule has 20 heavy (non-hydrogen) atoms. The largest absolute Gasteiger partial charge is 0.466 e. The number of halogens is 2. The monoisotopic (exact) mass is 318 g/mol. The van der Waals surface area contributed by atoms with Crippen molar-refractivity contribution in [3.63, 3.8) is 0 Å². The van der Waals surface area contributed by atoms with Crippen molar-refractivity contribution in [2.24, 2.45) is 5.92 Å². The van der Waals surface area contributed by atoms with Crippen molar-refractivity contribution in [3.8, 4) is 0 Å². The molecule has 1 aliphatic rings. The zero-order valence-corrected chi connectivity index (χ0v) is 12.6. The van der Waals surface area contributed by atoms with Crippen molar-refractivity contribution in [2.75, 3.05) is 19.7 Å². The summed E-state index contributed by atoms with van der Waals surface area (Å²) in [6.07, 6.45) is 1.52. The first-order chi connectivity index (χ1) is 9.52. The van der Waals surface area contributed by atoms with E-state index in [4.69, 9.17) is 27.9 Å². The minimum absolute atomic E-state index is 0.201. The van der Waals surface area contributed by atoms with Gasteiger partial charge in [0.15, 0.2) is 0 Å². The Morgan fingerprint density at radius 2 is 2.25 bits per heavy atom. The minimum atomic E-state index is -0.256. The molecular weight excluding hydrogens is 303 g/mol.